The van der Waals surface area contributed by atoms with Gasteiger partial charge in [-0.3, -0.25) is 4.79 Å². The number of nitrogens with one attached hydrogen (secondary N) is 1. The molecule has 0 aliphatic carbocycles. The van der Waals surface area contributed by atoms with Crippen LogP contribution in [0.4, 0.5) is 18.9 Å². The molecule has 1 heterocycles. The van der Waals surface area contributed by atoms with Crippen molar-refractivity contribution in [1.82, 2.24) is 9.78 Å². The molecule has 3 aromatic rings. The lowest BCUT2D eigenvalue weighted by molar-refractivity contribution is -0.143. The molecular weight excluding hydrogens is 403 g/mol. The van der Waals surface area contributed by atoms with Gasteiger partial charge >= 0.3 is 6.18 Å². The number of nitrogens with zero attached hydrogens (tertiary/aromatic N) is 2. The number of carbonyl (C=O) groups is 1. The normalized spacial score (nSPS) is 12.1. The molecule has 1 N–H and O–H groups in total. The van der Waals surface area contributed by atoms with E-state index in [1.54, 1.807) is 12.1 Å². The summed E-state index contributed by atoms with van der Waals surface area (Å²) in [6, 6.07) is 12.7. The molecule has 1 aromatic heterocycles. The van der Waals surface area contributed by atoms with Crippen molar-refractivity contribution >= 4 is 23.2 Å². The number of alkyl halides is 3. The topological polar surface area (TPSA) is 46.9 Å². The van der Waals surface area contributed by atoms with Crippen LogP contribution in [0.15, 0.2) is 54.7 Å². The molecule has 152 valence electrons. The molecule has 4 nitrogen and oxygen atoms in total. The van der Waals surface area contributed by atoms with Crippen LogP contribution in [0.2, 0.25) is 5.02 Å². The van der Waals surface area contributed by atoms with Crippen molar-refractivity contribution in [2.75, 3.05) is 5.32 Å². The molecule has 0 bridgehead atoms. The van der Waals surface area contributed by atoms with Gasteiger partial charge in [-0.1, -0.05) is 44.5 Å². The Hall–Kier alpha value is -2.80. The van der Waals surface area contributed by atoms with Crippen molar-refractivity contribution in [1.29, 1.82) is 0 Å². The summed E-state index contributed by atoms with van der Waals surface area (Å²) in [6.07, 6.45) is -3.87. The summed E-state index contributed by atoms with van der Waals surface area (Å²) in [5.74, 6) is -0.888. The Labute approximate surface area is 171 Å². The summed E-state index contributed by atoms with van der Waals surface area (Å²) in [6.45, 7) is 6.13. The van der Waals surface area contributed by atoms with E-state index in [1.807, 2.05) is 32.9 Å². The number of rotatable bonds is 3. The Morgan fingerprint density at radius 3 is 2.10 bits per heavy atom. The minimum atomic E-state index is -4.78. The first-order valence-electron chi connectivity index (χ1n) is 8.80. The monoisotopic (exact) mass is 421 g/mol. The van der Waals surface area contributed by atoms with Gasteiger partial charge in [0.25, 0.3) is 5.91 Å². The first kappa shape index (κ1) is 20.9. The average molecular weight is 422 g/mol. The Balaban J connectivity index is 1.94. The van der Waals surface area contributed by atoms with Crippen molar-refractivity contribution in [3.05, 3.63) is 76.6 Å². The summed E-state index contributed by atoms with van der Waals surface area (Å²) < 4.78 is 41.9. The summed E-state index contributed by atoms with van der Waals surface area (Å²) in [5, 5.41) is 6.67. The maximum atomic E-state index is 13.7. The summed E-state index contributed by atoms with van der Waals surface area (Å²) in [7, 11) is 0. The van der Waals surface area contributed by atoms with Crippen molar-refractivity contribution < 1.29 is 18.0 Å². The van der Waals surface area contributed by atoms with E-state index in [1.165, 1.54) is 24.3 Å². The Bertz CT molecular complexity index is 1020. The van der Waals surface area contributed by atoms with Crippen molar-refractivity contribution in [2.24, 2.45) is 0 Å². The Kier molecular flexibility index (Phi) is 5.45. The van der Waals surface area contributed by atoms with Crippen LogP contribution in [0.5, 0.6) is 0 Å². The molecule has 1 amide bonds. The number of benzene rings is 2. The smallest absolute Gasteiger partial charge is 0.322 e. The highest BCUT2D eigenvalue weighted by molar-refractivity contribution is 6.30. The molecule has 0 saturated carbocycles. The van der Waals surface area contributed by atoms with Crippen LogP contribution in [-0.2, 0) is 11.6 Å². The molecule has 0 atom stereocenters. The first-order valence-corrected chi connectivity index (χ1v) is 9.17. The van der Waals surface area contributed by atoms with Crippen LogP contribution >= 0.6 is 11.6 Å². The quantitative estimate of drug-likeness (QED) is 0.556. The molecule has 0 saturated heterocycles. The fourth-order valence-corrected chi connectivity index (χ4v) is 2.94. The van der Waals surface area contributed by atoms with Crippen LogP contribution in [0, 0.1) is 0 Å². The molecule has 8 heteroatoms. The molecule has 0 fully saturated rings. The zero-order valence-electron chi connectivity index (χ0n) is 16.0. The first-order chi connectivity index (χ1) is 13.5. The standard InChI is InChI=1S/C21H19ClF3N3O/c1-20(2,3)13-4-8-15(9-5-13)27-19(29)17-12-26-28(18(17)21(23,24)25)16-10-6-14(22)7-11-16/h4-12H,1-3H3,(H,27,29). The molecular formula is C21H19ClF3N3O. The van der Waals surface area contributed by atoms with Crippen molar-refractivity contribution in [3.63, 3.8) is 0 Å². The van der Waals surface area contributed by atoms with Gasteiger partial charge in [0, 0.05) is 10.7 Å². The van der Waals surface area contributed by atoms with Crippen LogP contribution in [-0.4, -0.2) is 15.7 Å². The van der Waals surface area contributed by atoms with E-state index in [2.05, 4.69) is 10.4 Å². The van der Waals surface area contributed by atoms with Crippen molar-refractivity contribution in [3.8, 4) is 5.69 Å². The second kappa shape index (κ2) is 7.55. The predicted molar refractivity (Wildman–Crippen MR) is 107 cm³/mol. The zero-order chi connectivity index (χ0) is 21.4. The van der Waals surface area contributed by atoms with Gasteiger partial charge < -0.3 is 5.32 Å². The predicted octanol–water partition coefficient (Wildman–Crippen LogP) is 6.09. The van der Waals surface area contributed by atoms with E-state index in [4.69, 9.17) is 11.6 Å². The number of carbonyl (C=O) groups excluding carboxylic acids is 1. The van der Waals surface area contributed by atoms with Gasteiger partial charge in [-0.15, -0.1) is 0 Å². The lowest BCUT2D eigenvalue weighted by Gasteiger charge is -2.19. The summed E-state index contributed by atoms with van der Waals surface area (Å²) in [5.41, 5.74) is -0.199. The van der Waals surface area contributed by atoms with E-state index in [9.17, 15) is 18.0 Å². The minimum Gasteiger partial charge on any atom is -0.322 e. The van der Waals surface area contributed by atoms with Gasteiger partial charge in [0.15, 0.2) is 5.69 Å². The van der Waals surface area contributed by atoms with Crippen molar-refractivity contribution in [2.45, 2.75) is 32.4 Å². The molecule has 0 unspecified atom stereocenters. The van der Waals surface area contributed by atoms with Gasteiger partial charge in [-0.25, -0.2) is 4.68 Å². The molecule has 0 aliphatic rings. The SMILES string of the molecule is CC(C)(C)c1ccc(NC(=O)c2cnn(-c3ccc(Cl)cc3)c2C(F)(F)F)cc1. The number of hydrogen-bond acceptors (Lipinski definition) is 2. The van der Waals surface area contributed by atoms with Gasteiger partial charge in [-0.2, -0.15) is 18.3 Å². The molecule has 0 radical (unpaired) electrons. The van der Waals surface area contributed by atoms with E-state index >= 15 is 0 Å². The third kappa shape index (κ3) is 4.62. The maximum Gasteiger partial charge on any atom is 0.434 e. The van der Waals surface area contributed by atoms with Gasteiger partial charge in [0.1, 0.15) is 0 Å². The van der Waals surface area contributed by atoms with E-state index in [0.29, 0.717) is 15.4 Å². The van der Waals surface area contributed by atoms with Crippen LogP contribution < -0.4 is 5.32 Å². The lowest BCUT2D eigenvalue weighted by Crippen LogP contribution is -2.20. The third-order valence-electron chi connectivity index (χ3n) is 4.36. The highest BCUT2D eigenvalue weighted by Gasteiger charge is 2.40. The second-order valence-electron chi connectivity index (χ2n) is 7.57. The largest absolute Gasteiger partial charge is 0.434 e. The number of aromatic nitrogens is 2. The van der Waals surface area contributed by atoms with Crippen LogP contribution in [0.3, 0.4) is 0 Å². The molecule has 2 aromatic carbocycles. The van der Waals surface area contributed by atoms with Gasteiger partial charge in [-0.05, 0) is 47.4 Å². The molecule has 3 rings (SSSR count). The number of halogens is 4. The zero-order valence-corrected chi connectivity index (χ0v) is 16.8. The highest BCUT2D eigenvalue weighted by atomic mass is 35.5. The minimum absolute atomic E-state index is 0.0777. The number of anilines is 1. The second-order valence-corrected chi connectivity index (χ2v) is 8.01. The Morgan fingerprint density at radius 1 is 1.00 bits per heavy atom. The molecule has 29 heavy (non-hydrogen) atoms. The van der Waals surface area contributed by atoms with E-state index in [0.717, 1.165) is 11.8 Å². The number of hydrogen-bond donors (Lipinski definition) is 1. The Morgan fingerprint density at radius 2 is 1.59 bits per heavy atom. The molecule has 0 aliphatic heterocycles. The fraction of sp³-hybridized carbons (Fsp3) is 0.238. The third-order valence-corrected chi connectivity index (χ3v) is 4.61. The maximum absolute atomic E-state index is 13.7. The summed E-state index contributed by atoms with van der Waals surface area (Å²) >= 11 is 5.80. The van der Waals surface area contributed by atoms with Gasteiger partial charge in [0.2, 0.25) is 0 Å². The average Bonchev–Trinajstić information content (AvgIpc) is 3.08. The number of amides is 1. The summed E-state index contributed by atoms with van der Waals surface area (Å²) in [4.78, 5) is 12.6. The van der Waals surface area contributed by atoms with Crippen LogP contribution in [0.25, 0.3) is 5.69 Å². The van der Waals surface area contributed by atoms with Gasteiger partial charge in [0.05, 0.1) is 17.4 Å². The highest BCUT2D eigenvalue weighted by Crippen LogP contribution is 2.34. The van der Waals surface area contributed by atoms with E-state index < -0.39 is 23.3 Å². The molecule has 0 spiro atoms. The fourth-order valence-electron chi connectivity index (χ4n) is 2.82. The van der Waals surface area contributed by atoms with Crippen LogP contribution in [0.1, 0.15) is 42.4 Å². The lowest BCUT2D eigenvalue weighted by atomic mass is 9.87. The van der Waals surface area contributed by atoms with E-state index in [-0.39, 0.29) is 11.1 Å².